The highest BCUT2D eigenvalue weighted by Gasteiger charge is 2.71. The molecule has 0 aliphatic carbocycles. The van der Waals surface area contributed by atoms with Crippen LogP contribution in [0, 0.1) is 11.8 Å². The van der Waals surface area contributed by atoms with Gasteiger partial charge in [-0.25, -0.2) is 4.90 Å². The van der Waals surface area contributed by atoms with E-state index in [9.17, 15) is 19.2 Å². The van der Waals surface area contributed by atoms with Crippen molar-refractivity contribution in [3.8, 4) is 5.75 Å². The highest BCUT2D eigenvalue weighted by atomic mass is 16.5. The fourth-order valence-corrected chi connectivity index (χ4v) is 7.07. The van der Waals surface area contributed by atoms with Crippen molar-refractivity contribution in [3.05, 3.63) is 83.9 Å². The summed E-state index contributed by atoms with van der Waals surface area (Å²) < 4.78 is 5.23. The summed E-state index contributed by atoms with van der Waals surface area (Å²) in [5.74, 6) is -2.41. The van der Waals surface area contributed by atoms with Gasteiger partial charge in [-0.05, 0) is 55.3 Å². The van der Waals surface area contributed by atoms with Crippen molar-refractivity contribution in [1.82, 2.24) is 5.32 Å². The number of nitrogens with zero attached hydrogens (tertiary/aromatic N) is 3. The molecule has 9 heteroatoms. The second kappa shape index (κ2) is 8.76. The second-order valence-corrected chi connectivity index (χ2v) is 10.8. The molecule has 4 aliphatic rings. The van der Waals surface area contributed by atoms with E-state index >= 15 is 0 Å². The molecule has 202 valence electrons. The van der Waals surface area contributed by atoms with E-state index < -0.39 is 29.3 Å². The lowest BCUT2D eigenvalue weighted by molar-refractivity contribution is -0.132. The van der Waals surface area contributed by atoms with E-state index in [1.54, 1.807) is 42.3 Å². The van der Waals surface area contributed by atoms with Crippen molar-refractivity contribution < 1.29 is 23.9 Å². The largest absolute Gasteiger partial charge is 0.497 e. The summed E-state index contributed by atoms with van der Waals surface area (Å²) in [5, 5.41) is 3.37. The molecule has 40 heavy (non-hydrogen) atoms. The van der Waals surface area contributed by atoms with E-state index in [0.29, 0.717) is 29.2 Å². The van der Waals surface area contributed by atoms with E-state index in [4.69, 9.17) is 4.74 Å². The predicted molar refractivity (Wildman–Crippen MR) is 148 cm³/mol. The quantitative estimate of drug-likeness (QED) is 0.515. The number of rotatable bonds is 4. The topological polar surface area (TPSA) is 99.3 Å². The average molecular weight is 537 g/mol. The Bertz CT molecular complexity index is 1590. The number of amides is 4. The standard InChI is InChI=1S/C31H28N4O5/c1-18-26-27(29(38)35(28(26)37)20-11-13-21(40-2)14-12-20)31(32-18)22-8-4-6-10-24(22)34(30(31)39)17-25(36)33-16-15-19-7-3-5-9-23(19)33/h3-14,18,26-27,32H,15-17H2,1-2H3/t18-,26+,27+,31+/m1/s1. The molecule has 0 aromatic heterocycles. The Kier molecular flexibility index (Phi) is 5.37. The van der Waals surface area contributed by atoms with Gasteiger partial charge in [0.1, 0.15) is 17.8 Å². The van der Waals surface area contributed by atoms with Crippen LogP contribution in [-0.4, -0.2) is 49.9 Å². The van der Waals surface area contributed by atoms with Gasteiger partial charge in [-0.2, -0.15) is 0 Å². The summed E-state index contributed by atoms with van der Waals surface area (Å²) in [6.45, 7) is 2.22. The van der Waals surface area contributed by atoms with E-state index in [1.807, 2.05) is 49.4 Å². The summed E-state index contributed by atoms with van der Waals surface area (Å²) in [6, 6.07) is 21.3. The van der Waals surface area contributed by atoms with E-state index in [1.165, 1.54) is 9.80 Å². The number of anilines is 3. The Hall–Kier alpha value is -4.50. The van der Waals surface area contributed by atoms with Crippen LogP contribution in [0.4, 0.5) is 17.1 Å². The van der Waals surface area contributed by atoms with Crippen LogP contribution in [-0.2, 0) is 31.1 Å². The molecule has 4 aliphatic heterocycles. The average Bonchev–Trinajstić information content (AvgIpc) is 3.67. The molecule has 4 amide bonds. The molecule has 2 fully saturated rings. The molecule has 2 saturated heterocycles. The smallest absolute Gasteiger partial charge is 0.253 e. The number of imide groups is 1. The zero-order valence-electron chi connectivity index (χ0n) is 22.2. The third-order valence-electron chi connectivity index (χ3n) is 8.83. The molecule has 7 rings (SSSR count). The number of hydrogen-bond donors (Lipinski definition) is 1. The fourth-order valence-electron chi connectivity index (χ4n) is 7.07. The van der Waals surface area contributed by atoms with Crippen LogP contribution in [0.3, 0.4) is 0 Å². The second-order valence-electron chi connectivity index (χ2n) is 10.8. The van der Waals surface area contributed by atoms with Crippen LogP contribution in [0.1, 0.15) is 18.1 Å². The van der Waals surface area contributed by atoms with Gasteiger partial charge in [-0.1, -0.05) is 36.4 Å². The van der Waals surface area contributed by atoms with Crippen molar-refractivity contribution in [1.29, 1.82) is 0 Å². The van der Waals surface area contributed by atoms with Crippen LogP contribution >= 0.6 is 0 Å². The van der Waals surface area contributed by atoms with E-state index in [0.717, 1.165) is 17.7 Å². The number of carbonyl (C=O) groups excluding carboxylic acids is 4. The number of hydrogen-bond acceptors (Lipinski definition) is 6. The zero-order chi connectivity index (χ0) is 27.8. The highest BCUT2D eigenvalue weighted by Crippen LogP contribution is 2.55. The Morgan fingerprint density at radius 1 is 0.950 bits per heavy atom. The lowest BCUT2D eigenvalue weighted by Crippen LogP contribution is -2.56. The van der Waals surface area contributed by atoms with Crippen molar-refractivity contribution in [3.63, 3.8) is 0 Å². The van der Waals surface area contributed by atoms with Crippen molar-refractivity contribution in [2.45, 2.75) is 24.9 Å². The van der Waals surface area contributed by atoms with Crippen LogP contribution in [0.15, 0.2) is 72.8 Å². The number of benzene rings is 3. The van der Waals surface area contributed by atoms with Gasteiger partial charge in [-0.15, -0.1) is 0 Å². The number of carbonyl (C=O) groups is 4. The lowest BCUT2D eigenvalue weighted by Gasteiger charge is -2.30. The Morgan fingerprint density at radius 3 is 2.40 bits per heavy atom. The first-order valence-corrected chi connectivity index (χ1v) is 13.5. The molecule has 3 aromatic carbocycles. The van der Waals surface area contributed by atoms with Gasteiger partial charge in [-0.3, -0.25) is 24.5 Å². The molecular formula is C31H28N4O5. The number of fused-ring (bicyclic) bond motifs is 5. The molecule has 0 radical (unpaired) electrons. The first-order valence-electron chi connectivity index (χ1n) is 13.5. The monoisotopic (exact) mass is 536 g/mol. The van der Waals surface area contributed by atoms with Gasteiger partial charge in [0.25, 0.3) is 5.91 Å². The minimum atomic E-state index is -1.45. The van der Waals surface area contributed by atoms with Crippen LogP contribution < -0.4 is 24.8 Å². The van der Waals surface area contributed by atoms with Gasteiger partial charge in [0.05, 0.1) is 24.6 Å². The number of ether oxygens (including phenoxy) is 1. The minimum absolute atomic E-state index is 0.163. The van der Waals surface area contributed by atoms with Gasteiger partial charge in [0, 0.05) is 29.5 Å². The van der Waals surface area contributed by atoms with Gasteiger partial charge in [0.2, 0.25) is 17.7 Å². The summed E-state index contributed by atoms with van der Waals surface area (Å²) in [5.41, 5.74) is 2.15. The zero-order valence-corrected chi connectivity index (χ0v) is 22.2. The van der Waals surface area contributed by atoms with Crippen LogP contribution in [0.25, 0.3) is 0 Å². The minimum Gasteiger partial charge on any atom is -0.497 e. The Labute approximate surface area is 231 Å². The number of nitrogens with one attached hydrogen (secondary N) is 1. The third-order valence-corrected chi connectivity index (χ3v) is 8.83. The predicted octanol–water partition coefficient (Wildman–Crippen LogP) is 2.62. The summed E-state index contributed by atoms with van der Waals surface area (Å²) in [4.78, 5) is 60.2. The molecule has 4 heterocycles. The number of para-hydroxylation sites is 2. The number of methoxy groups -OCH3 is 1. The van der Waals surface area contributed by atoms with E-state index in [-0.39, 0.29) is 24.3 Å². The lowest BCUT2D eigenvalue weighted by atomic mass is 9.76. The maximum atomic E-state index is 14.4. The molecule has 0 saturated carbocycles. The summed E-state index contributed by atoms with van der Waals surface area (Å²) >= 11 is 0. The third kappa shape index (κ3) is 3.18. The molecule has 1 N–H and O–H groups in total. The van der Waals surface area contributed by atoms with Crippen molar-refractivity contribution >= 4 is 40.7 Å². The Morgan fingerprint density at radius 2 is 1.65 bits per heavy atom. The molecular weight excluding hydrogens is 508 g/mol. The van der Waals surface area contributed by atoms with Crippen molar-refractivity contribution in [2.24, 2.45) is 11.8 Å². The van der Waals surface area contributed by atoms with Gasteiger partial charge >= 0.3 is 0 Å². The SMILES string of the molecule is COc1ccc(N2C(=O)[C@@H]3[C@@H](C2=O)[C@]2(N[C@@H]3C)C(=O)N(CC(=O)N3CCc4ccccc43)c3ccccc32)cc1. The molecule has 0 unspecified atom stereocenters. The summed E-state index contributed by atoms with van der Waals surface area (Å²) in [6.07, 6.45) is 0.761. The van der Waals surface area contributed by atoms with Gasteiger partial charge < -0.3 is 14.5 Å². The molecule has 9 nitrogen and oxygen atoms in total. The van der Waals surface area contributed by atoms with Crippen molar-refractivity contribution in [2.75, 3.05) is 34.9 Å². The normalized spacial score (nSPS) is 26.5. The van der Waals surface area contributed by atoms with Gasteiger partial charge in [0.15, 0.2) is 0 Å². The molecule has 1 spiro atoms. The maximum Gasteiger partial charge on any atom is 0.253 e. The first-order chi connectivity index (χ1) is 19.4. The van der Waals surface area contributed by atoms with Crippen LogP contribution in [0.5, 0.6) is 5.75 Å². The molecule has 0 bridgehead atoms. The highest BCUT2D eigenvalue weighted by molar-refractivity contribution is 6.26. The van der Waals surface area contributed by atoms with E-state index in [2.05, 4.69) is 5.32 Å². The summed E-state index contributed by atoms with van der Waals surface area (Å²) in [7, 11) is 1.55. The Balaban J connectivity index is 1.26. The fraction of sp³-hybridized carbons (Fsp3) is 0.290. The first kappa shape index (κ1) is 24.5. The molecule has 4 atom stereocenters. The molecule has 3 aromatic rings. The van der Waals surface area contributed by atoms with Crippen LogP contribution in [0.2, 0.25) is 0 Å². The maximum absolute atomic E-state index is 14.4.